The molecule has 1 heterocycles. The van der Waals surface area contributed by atoms with Gasteiger partial charge in [-0.2, -0.15) is 5.10 Å². The molecular formula is C17H25ClN4O3S. The monoisotopic (exact) mass is 400 g/mol. The first kappa shape index (κ1) is 20.9. The van der Waals surface area contributed by atoms with E-state index in [9.17, 15) is 8.42 Å². The molecule has 0 aliphatic rings. The van der Waals surface area contributed by atoms with Crippen molar-refractivity contribution in [1.82, 2.24) is 19.4 Å². The van der Waals surface area contributed by atoms with Crippen LogP contribution in [0.1, 0.15) is 23.0 Å². The second-order valence-corrected chi connectivity index (χ2v) is 8.38. The maximum atomic E-state index is 12.9. The number of nitrogens with one attached hydrogen (secondary N) is 1. The summed E-state index contributed by atoms with van der Waals surface area (Å²) in [7, 11) is 1.58. The third-order valence-corrected chi connectivity index (χ3v) is 6.21. The number of sulfonamides is 1. The van der Waals surface area contributed by atoms with Crippen LogP contribution in [0, 0.1) is 13.8 Å². The van der Waals surface area contributed by atoms with Crippen molar-refractivity contribution in [1.29, 1.82) is 0 Å². The first-order valence-electron chi connectivity index (χ1n) is 8.12. The van der Waals surface area contributed by atoms with Crippen molar-refractivity contribution in [3.05, 3.63) is 46.2 Å². The summed E-state index contributed by atoms with van der Waals surface area (Å²) in [6.07, 6.45) is 0. The van der Waals surface area contributed by atoms with Crippen LogP contribution in [0.5, 0.6) is 0 Å². The van der Waals surface area contributed by atoms with Gasteiger partial charge in [-0.3, -0.25) is 0 Å². The standard InChI is InChI=1S/C17H25ClN4O3S/c1-12-17(13(2)22(20-12)11-25-5)26(23,24)19-10-16(21(3)4)14-8-6-7-9-15(14)18/h6-9,16,19H,10-11H2,1-5H3. The van der Waals surface area contributed by atoms with E-state index in [1.54, 1.807) is 19.9 Å². The summed E-state index contributed by atoms with van der Waals surface area (Å²) in [6.45, 7) is 3.77. The first-order valence-corrected chi connectivity index (χ1v) is 9.98. The molecule has 9 heteroatoms. The van der Waals surface area contributed by atoms with Crippen LogP contribution in [0.15, 0.2) is 29.2 Å². The number of rotatable bonds is 8. The molecule has 2 rings (SSSR count). The van der Waals surface area contributed by atoms with Crippen LogP contribution in [-0.4, -0.2) is 50.8 Å². The molecule has 26 heavy (non-hydrogen) atoms. The number of likely N-dealkylation sites (N-methyl/N-ethyl adjacent to an activating group) is 1. The molecule has 144 valence electrons. The second-order valence-electron chi connectivity index (χ2n) is 6.27. The van der Waals surface area contributed by atoms with Crippen molar-refractivity contribution < 1.29 is 13.2 Å². The van der Waals surface area contributed by atoms with Gasteiger partial charge in [-0.25, -0.2) is 17.8 Å². The van der Waals surface area contributed by atoms with Gasteiger partial charge in [0.1, 0.15) is 11.6 Å². The van der Waals surface area contributed by atoms with Crippen molar-refractivity contribution in [3.63, 3.8) is 0 Å². The zero-order valence-electron chi connectivity index (χ0n) is 15.7. The van der Waals surface area contributed by atoms with E-state index in [2.05, 4.69) is 9.82 Å². The minimum atomic E-state index is -3.73. The van der Waals surface area contributed by atoms with Crippen LogP contribution in [0.4, 0.5) is 0 Å². The van der Waals surface area contributed by atoms with E-state index >= 15 is 0 Å². The average Bonchev–Trinajstić information content (AvgIpc) is 2.84. The van der Waals surface area contributed by atoms with Crippen molar-refractivity contribution >= 4 is 21.6 Å². The van der Waals surface area contributed by atoms with E-state index in [4.69, 9.17) is 16.3 Å². The summed E-state index contributed by atoms with van der Waals surface area (Å²) in [5.41, 5.74) is 1.84. The Balaban J connectivity index is 2.28. The lowest BCUT2D eigenvalue weighted by Crippen LogP contribution is -2.35. The molecule has 1 atom stereocenters. The van der Waals surface area contributed by atoms with Crippen molar-refractivity contribution in [2.24, 2.45) is 0 Å². The summed E-state index contributed by atoms with van der Waals surface area (Å²) >= 11 is 6.29. The molecule has 0 bridgehead atoms. The molecule has 1 aromatic carbocycles. The number of nitrogens with zero attached hydrogens (tertiary/aromatic N) is 3. The zero-order valence-corrected chi connectivity index (χ0v) is 17.2. The normalized spacial score (nSPS) is 13.3. The zero-order chi connectivity index (χ0) is 19.5. The van der Waals surface area contributed by atoms with Crippen LogP contribution in [0.25, 0.3) is 0 Å². The molecule has 0 aliphatic carbocycles. The minimum absolute atomic E-state index is 0.186. The molecule has 7 nitrogen and oxygen atoms in total. The van der Waals surface area contributed by atoms with Crippen LogP contribution in [0.2, 0.25) is 5.02 Å². The SMILES string of the molecule is COCn1nc(C)c(S(=O)(=O)NCC(c2ccccc2Cl)N(C)C)c1C. The number of benzene rings is 1. The largest absolute Gasteiger partial charge is 0.362 e. The lowest BCUT2D eigenvalue weighted by atomic mass is 10.1. The van der Waals surface area contributed by atoms with Gasteiger partial charge >= 0.3 is 0 Å². The maximum absolute atomic E-state index is 12.9. The highest BCUT2D eigenvalue weighted by Gasteiger charge is 2.26. The predicted octanol–water partition coefficient (Wildman–Crippen LogP) is 2.34. The van der Waals surface area contributed by atoms with Crippen molar-refractivity contribution in [2.75, 3.05) is 27.7 Å². The Morgan fingerprint density at radius 3 is 2.54 bits per heavy atom. The third kappa shape index (κ3) is 4.44. The quantitative estimate of drug-likeness (QED) is 0.736. The molecule has 0 saturated carbocycles. The Kier molecular flexibility index (Phi) is 6.81. The highest BCUT2D eigenvalue weighted by molar-refractivity contribution is 7.89. The highest BCUT2D eigenvalue weighted by atomic mass is 35.5. The lowest BCUT2D eigenvalue weighted by Gasteiger charge is -2.26. The second kappa shape index (κ2) is 8.49. The van der Waals surface area contributed by atoms with Gasteiger partial charge in [-0.05, 0) is 39.6 Å². The summed E-state index contributed by atoms with van der Waals surface area (Å²) in [6, 6.07) is 7.22. The minimum Gasteiger partial charge on any atom is -0.362 e. The Morgan fingerprint density at radius 2 is 1.96 bits per heavy atom. The van der Waals surface area contributed by atoms with E-state index < -0.39 is 10.0 Å². The number of halogens is 1. The number of ether oxygens (including phenoxy) is 1. The Hall–Kier alpha value is -1.45. The molecule has 0 fully saturated rings. The number of aryl methyl sites for hydroxylation is 1. The molecule has 2 aromatic rings. The smallest absolute Gasteiger partial charge is 0.244 e. The molecule has 0 amide bonds. The Bertz CT molecular complexity index is 865. The van der Waals surface area contributed by atoms with E-state index in [0.29, 0.717) is 16.4 Å². The Morgan fingerprint density at radius 1 is 1.31 bits per heavy atom. The lowest BCUT2D eigenvalue weighted by molar-refractivity contribution is 0.118. The van der Waals surface area contributed by atoms with E-state index in [0.717, 1.165) is 5.56 Å². The molecule has 1 N–H and O–H groups in total. The average molecular weight is 401 g/mol. The van der Waals surface area contributed by atoms with Crippen LogP contribution in [0.3, 0.4) is 0 Å². The summed E-state index contributed by atoms with van der Waals surface area (Å²) in [4.78, 5) is 2.11. The Labute approximate surface area is 160 Å². The van der Waals surface area contributed by atoms with Gasteiger partial charge in [0.2, 0.25) is 10.0 Å². The fourth-order valence-corrected chi connectivity index (χ4v) is 4.60. The van der Waals surface area contributed by atoms with E-state index in [1.807, 2.05) is 37.2 Å². The molecule has 1 unspecified atom stereocenters. The fraction of sp³-hybridized carbons (Fsp3) is 0.471. The third-order valence-electron chi connectivity index (χ3n) is 4.19. The summed E-state index contributed by atoms with van der Waals surface area (Å²) in [5, 5.41) is 4.84. The van der Waals surface area contributed by atoms with Crippen molar-refractivity contribution in [2.45, 2.75) is 31.5 Å². The topological polar surface area (TPSA) is 76.5 Å². The van der Waals surface area contributed by atoms with Gasteiger partial charge in [-0.1, -0.05) is 29.8 Å². The van der Waals surface area contributed by atoms with E-state index in [-0.39, 0.29) is 24.2 Å². The molecule has 0 spiro atoms. The van der Waals surface area contributed by atoms with Gasteiger partial charge in [0.15, 0.2) is 0 Å². The summed E-state index contributed by atoms with van der Waals surface area (Å²) < 4.78 is 35.0. The van der Waals surface area contributed by atoms with Gasteiger partial charge in [-0.15, -0.1) is 0 Å². The van der Waals surface area contributed by atoms with Gasteiger partial charge in [0.05, 0.1) is 11.4 Å². The van der Waals surface area contributed by atoms with Crippen LogP contribution < -0.4 is 4.72 Å². The summed E-state index contributed by atoms with van der Waals surface area (Å²) in [5.74, 6) is 0. The van der Waals surface area contributed by atoms with Gasteiger partial charge < -0.3 is 9.64 Å². The molecule has 0 radical (unpaired) electrons. The fourth-order valence-electron chi connectivity index (χ4n) is 2.89. The number of hydrogen-bond donors (Lipinski definition) is 1. The van der Waals surface area contributed by atoms with Crippen LogP contribution >= 0.6 is 11.6 Å². The van der Waals surface area contributed by atoms with Crippen molar-refractivity contribution in [3.8, 4) is 0 Å². The van der Waals surface area contributed by atoms with Crippen LogP contribution in [-0.2, 0) is 21.5 Å². The maximum Gasteiger partial charge on any atom is 0.244 e. The van der Waals surface area contributed by atoms with Gasteiger partial charge in [0, 0.05) is 24.7 Å². The first-order chi connectivity index (χ1) is 12.2. The molecule has 1 aromatic heterocycles. The molecular weight excluding hydrogens is 376 g/mol. The number of methoxy groups -OCH3 is 1. The molecule has 0 saturated heterocycles. The number of hydrogen-bond acceptors (Lipinski definition) is 5. The van der Waals surface area contributed by atoms with Gasteiger partial charge in [0.25, 0.3) is 0 Å². The molecule has 0 aliphatic heterocycles. The number of aromatic nitrogens is 2. The van der Waals surface area contributed by atoms with E-state index in [1.165, 1.54) is 11.8 Å². The predicted molar refractivity (Wildman–Crippen MR) is 102 cm³/mol. The highest BCUT2D eigenvalue weighted by Crippen LogP contribution is 2.26.